The second kappa shape index (κ2) is 16.6. The number of guanidine groups is 1. The van der Waals surface area contributed by atoms with Gasteiger partial charge in [0.2, 0.25) is 0 Å². The van der Waals surface area contributed by atoms with E-state index in [0.717, 1.165) is 50.1 Å². The van der Waals surface area contributed by atoms with Crippen LogP contribution in [0.5, 0.6) is 0 Å². The molecule has 1 aromatic heterocycles. The molecule has 1 aromatic rings. The van der Waals surface area contributed by atoms with Crippen molar-refractivity contribution in [3.63, 3.8) is 0 Å². The quantitative estimate of drug-likeness (QED) is 0.189. The molecule has 0 aliphatic heterocycles. The van der Waals surface area contributed by atoms with Gasteiger partial charge in [-0.15, -0.1) is 34.2 Å². The van der Waals surface area contributed by atoms with Gasteiger partial charge in [0.25, 0.3) is 0 Å². The van der Waals surface area contributed by atoms with Crippen LogP contribution in [0.15, 0.2) is 11.3 Å². The number of aryl methyl sites for hydroxylation is 1. The van der Waals surface area contributed by atoms with E-state index in [1.807, 2.05) is 11.8 Å². The second-order valence-electron chi connectivity index (χ2n) is 6.25. The van der Waals surface area contributed by atoms with E-state index in [4.69, 9.17) is 4.99 Å². The van der Waals surface area contributed by atoms with Crippen LogP contribution in [0.3, 0.4) is 0 Å². The number of halogens is 1. The summed E-state index contributed by atoms with van der Waals surface area (Å²) in [6.45, 7) is 10.1. The molecule has 1 rings (SSSR count). The second-order valence-corrected chi connectivity index (χ2v) is 7.23. The summed E-state index contributed by atoms with van der Waals surface area (Å²) in [4.78, 5) is 4.83. The Labute approximate surface area is 180 Å². The van der Waals surface area contributed by atoms with Crippen molar-refractivity contribution in [2.75, 3.05) is 31.6 Å². The van der Waals surface area contributed by atoms with Crippen molar-refractivity contribution >= 4 is 41.7 Å². The first kappa shape index (κ1) is 25.5. The fourth-order valence-electron chi connectivity index (χ4n) is 2.62. The monoisotopic (exact) mass is 496 g/mol. The third-order valence-corrected chi connectivity index (χ3v) is 4.92. The number of aromatic nitrogens is 3. The molecule has 0 amide bonds. The van der Waals surface area contributed by atoms with Crippen molar-refractivity contribution in [3.05, 3.63) is 12.2 Å². The zero-order chi connectivity index (χ0) is 18.3. The molecule has 0 saturated heterocycles. The van der Waals surface area contributed by atoms with E-state index in [-0.39, 0.29) is 24.0 Å². The molecule has 1 atom stereocenters. The molecule has 152 valence electrons. The maximum atomic E-state index is 4.83. The Morgan fingerprint density at radius 2 is 2.04 bits per heavy atom. The Bertz CT molecular complexity index is 480. The smallest absolute Gasteiger partial charge is 0.191 e. The van der Waals surface area contributed by atoms with Crippen molar-refractivity contribution < 1.29 is 0 Å². The SMILES string of the molecule is CCCCC(CC)CN=C(NCCSC)NCCn1cnnc1CC.I. The fraction of sp³-hybridized carbons (Fsp3) is 0.833. The van der Waals surface area contributed by atoms with E-state index in [1.165, 1.54) is 25.7 Å². The summed E-state index contributed by atoms with van der Waals surface area (Å²) in [5, 5.41) is 15.0. The van der Waals surface area contributed by atoms with Crippen molar-refractivity contribution in [2.45, 2.75) is 59.4 Å². The molecule has 0 aromatic carbocycles. The Kier molecular flexibility index (Phi) is 16.3. The fourth-order valence-corrected chi connectivity index (χ4v) is 2.92. The first-order valence-electron chi connectivity index (χ1n) is 9.62. The lowest BCUT2D eigenvalue weighted by Gasteiger charge is -2.16. The number of nitrogens with one attached hydrogen (secondary N) is 2. The van der Waals surface area contributed by atoms with Gasteiger partial charge in [-0.25, -0.2) is 0 Å². The third-order valence-electron chi connectivity index (χ3n) is 4.31. The molecular formula is C18H37IN6S. The van der Waals surface area contributed by atoms with Gasteiger partial charge in [0, 0.05) is 38.4 Å². The molecule has 1 unspecified atom stereocenters. The van der Waals surface area contributed by atoms with Crippen molar-refractivity contribution in [1.29, 1.82) is 0 Å². The van der Waals surface area contributed by atoms with Gasteiger partial charge in [0.15, 0.2) is 5.96 Å². The molecule has 0 radical (unpaired) electrons. The summed E-state index contributed by atoms with van der Waals surface area (Å²) in [6.07, 6.45) is 9.86. The normalized spacial score (nSPS) is 12.5. The van der Waals surface area contributed by atoms with Crippen LogP contribution < -0.4 is 10.6 Å². The van der Waals surface area contributed by atoms with Crippen molar-refractivity contribution in [3.8, 4) is 0 Å². The summed E-state index contributed by atoms with van der Waals surface area (Å²) in [5.41, 5.74) is 0. The molecule has 1 heterocycles. The Morgan fingerprint density at radius 1 is 1.27 bits per heavy atom. The molecule has 0 aliphatic rings. The van der Waals surface area contributed by atoms with Crippen LogP contribution in [0.2, 0.25) is 0 Å². The average Bonchev–Trinajstić information content (AvgIpc) is 3.09. The summed E-state index contributed by atoms with van der Waals surface area (Å²) < 4.78 is 2.10. The molecule has 0 spiro atoms. The minimum atomic E-state index is 0. The maximum Gasteiger partial charge on any atom is 0.191 e. The zero-order valence-electron chi connectivity index (χ0n) is 16.8. The van der Waals surface area contributed by atoms with Gasteiger partial charge in [0.1, 0.15) is 12.2 Å². The van der Waals surface area contributed by atoms with Gasteiger partial charge in [-0.1, -0.05) is 40.0 Å². The van der Waals surface area contributed by atoms with Crippen LogP contribution in [0.25, 0.3) is 0 Å². The lowest BCUT2D eigenvalue weighted by atomic mass is 10.00. The highest BCUT2D eigenvalue weighted by atomic mass is 127. The Hall–Kier alpha value is -0.510. The molecule has 6 nitrogen and oxygen atoms in total. The van der Waals surface area contributed by atoms with E-state index in [0.29, 0.717) is 5.92 Å². The van der Waals surface area contributed by atoms with E-state index in [9.17, 15) is 0 Å². The summed E-state index contributed by atoms with van der Waals surface area (Å²) in [7, 11) is 0. The molecule has 0 aliphatic carbocycles. The van der Waals surface area contributed by atoms with Gasteiger partial charge >= 0.3 is 0 Å². The van der Waals surface area contributed by atoms with Gasteiger partial charge in [-0.3, -0.25) is 4.99 Å². The largest absolute Gasteiger partial charge is 0.356 e. The number of nitrogens with zero attached hydrogens (tertiary/aromatic N) is 4. The van der Waals surface area contributed by atoms with Gasteiger partial charge in [-0.2, -0.15) is 11.8 Å². The highest BCUT2D eigenvalue weighted by Gasteiger charge is 2.07. The minimum Gasteiger partial charge on any atom is -0.356 e. The number of aliphatic imine (C=N–C) groups is 1. The van der Waals surface area contributed by atoms with Gasteiger partial charge in [0.05, 0.1) is 0 Å². The minimum absolute atomic E-state index is 0. The van der Waals surface area contributed by atoms with Gasteiger partial charge < -0.3 is 15.2 Å². The Morgan fingerprint density at radius 3 is 2.69 bits per heavy atom. The lowest BCUT2D eigenvalue weighted by Crippen LogP contribution is -2.40. The number of thioether (sulfide) groups is 1. The van der Waals surface area contributed by atoms with Crippen LogP contribution in [0.1, 0.15) is 52.3 Å². The predicted octanol–water partition coefficient (Wildman–Crippen LogP) is 3.57. The summed E-state index contributed by atoms with van der Waals surface area (Å²) in [5.74, 6) is 3.72. The highest BCUT2D eigenvalue weighted by molar-refractivity contribution is 14.0. The molecular weight excluding hydrogens is 459 g/mol. The predicted molar refractivity (Wildman–Crippen MR) is 125 cm³/mol. The highest BCUT2D eigenvalue weighted by Crippen LogP contribution is 2.12. The Balaban J connectivity index is 0.00000625. The molecule has 26 heavy (non-hydrogen) atoms. The van der Waals surface area contributed by atoms with Crippen LogP contribution in [0.4, 0.5) is 0 Å². The van der Waals surface area contributed by atoms with Crippen LogP contribution in [-0.2, 0) is 13.0 Å². The zero-order valence-corrected chi connectivity index (χ0v) is 20.0. The van der Waals surface area contributed by atoms with E-state index < -0.39 is 0 Å². The molecule has 8 heteroatoms. The van der Waals surface area contributed by atoms with Crippen LogP contribution >= 0.6 is 35.7 Å². The van der Waals surface area contributed by atoms with Gasteiger partial charge in [-0.05, 0) is 18.6 Å². The van der Waals surface area contributed by atoms with E-state index >= 15 is 0 Å². The maximum absolute atomic E-state index is 4.83. The molecule has 0 fully saturated rings. The standard InChI is InChI=1S/C18H36N6S.HI/c1-5-8-9-16(6-2)14-21-18(20-11-13-25-4)19-10-12-24-15-22-23-17(24)7-3;/h15-16H,5-14H2,1-4H3,(H2,19,20,21);1H. The number of unbranched alkanes of at least 4 members (excludes halogenated alkanes) is 1. The number of hydrogen-bond acceptors (Lipinski definition) is 4. The first-order valence-corrected chi connectivity index (χ1v) is 11.0. The van der Waals surface area contributed by atoms with E-state index in [1.54, 1.807) is 6.33 Å². The van der Waals surface area contributed by atoms with Crippen molar-refractivity contribution in [2.24, 2.45) is 10.9 Å². The molecule has 0 saturated carbocycles. The lowest BCUT2D eigenvalue weighted by molar-refractivity contribution is 0.461. The summed E-state index contributed by atoms with van der Waals surface area (Å²) >= 11 is 1.84. The van der Waals surface area contributed by atoms with Crippen LogP contribution in [0, 0.1) is 5.92 Å². The van der Waals surface area contributed by atoms with E-state index in [2.05, 4.69) is 52.4 Å². The topological polar surface area (TPSA) is 67.1 Å². The third kappa shape index (κ3) is 10.6. The van der Waals surface area contributed by atoms with Crippen LogP contribution in [-0.4, -0.2) is 52.4 Å². The van der Waals surface area contributed by atoms with Crippen molar-refractivity contribution in [1.82, 2.24) is 25.4 Å². The average molecular weight is 497 g/mol. The molecule has 0 bridgehead atoms. The summed E-state index contributed by atoms with van der Waals surface area (Å²) in [6, 6.07) is 0. The first-order chi connectivity index (χ1) is 12.2. The number of hydrogen-bond donors (Lipinski definition) is 2. The molecule has 2 N–H and O–H groups in total. The number of rotatable bonds is 13.